The Morgan fingerprint density at radius 1 is 1.30 bits per heavy atom. The first-order valence-corrected chi connectivity index (χ1v) is 6.95. The normalized spacial score (nSPS) is 15.6. The third-order valence-electron chi connectivity index (χ3n) is 3.64. The van der Waals surface area contributed by atoms with Crippen molar-refractivity contribution in [2.24, 2.45) is 0 Å². The van der Waals surface area contributed by atoms with Crippen LogP contribution in [0.25, 0.3) is 11.3 Å². The molecule has 1 N–H and O–H groups in total. The Morgan fingerprint density at radius 2 is 2.00 bits per heavy atom. The highest BCUT2D eigenvalue weighted by atomic mass is 19.1. The Bertz CT molecular complexity index is 734. The number of carbonyl (C=O) groups is 2. The molecule has 0 bridgehead atoms. The van der Waals surface area contributed by atoms with E-state index in [2.05, 4.69) is 17.1 Å². The van der Waals surface area contributed by atoms with Crippen molar-refractivity contribution in [2.45, 2.75) is 5.67 Å². The molecule has 1 aliphatic rings. The van der Waals surface area contributed by atoms with E-state index in [4.69, 9.17) is 4.52 Å². The Hall–Kier alpha value is -2.96. The van der Waals surface area contributed by atoms with Gasteiger partial charge in [0.05, 0.1) is 19.3 Å². The van der Waals surface area contributed by atoms with Gasteiger partial charge in [0.25, 0.3) is 5.91 Å². The predicted octanol–water partition coefficient (Wildman–Crippen LogP) is 2.02. The number of alkyl halides is 1. The molecule has 0 radical (unpaired) electrons. The van der Waals surface area contributed by atoms with Crippen LogP contribution in [-0.4, -0.2) is 40.6 Å². The summed E-state index contributed by atoms with van der Waals surface area (Å²) in [5.41, 5.74) is -0.812. The highest BCUT2D eigenvalue weighted by molar-refractivity contribution is 6.00. The predicted molar refractivity (Wildman–Crippen MR) is 81.2 cm³/mol. The van der Waals surface area contributed by atoms with Gasteiger partial charge in [-0.2, -0.15) is 0 Å². The van der Waals surface area contributed by atoms with E-state index in [1.807, 2.05) is 0 Å². The van der Waals surface area contributed by atoms with Gasteiger partial charge in [-0.15, -0.1) is 0 Å². The number of hydrogen-bond acceptors (Lipinski definition) is 4. The van der Waals surface area contributed by atoms with Gasteiger partial charge in [-0.05, 0) is 30.3 Å². The van der Waals surface area contributed by atoms with E-state index >= 15 is 0 Å². The van der Waals surface area contributed by atoms with Crippen LogP contribution < -0.4 is 5.32 Å². The van der Waals surface area contributed by atoms with Gasteiger partial charge in [0, 0.05) is 17.3 Å². The summed E-state index contributed by atoms with van der Waals surface area (Å²) < 4.78 is 19.4. The maximum atomic E-state index is 14.4. The molecule has 1 saturated heterocycles. The number of nitrogens with zero attached hydrogens (tertiary/aromatic N) is 2. The second-order valence-corrected chi connectivity index (χ2v) is 5.27. The Balaban J connectivity index is 1.62. The maximum absolute atomic E-state index is 14.4. The number of anilines is 1. The molecule has 1 aliphatic heterocycles. The monoisotopic (exact) mass is 315 g/mol. The molecule has 1 aromatic heterocycles. The molecule has 0 aliphatic carbocycles. The van der Waals surface area contributed by atoms with Gasteiger partial charge in [0.2, 0.25) is 11.6 Å². The number of benzene rings is 1. The van der Waals surface area contributed by atoms with Crippen molar-refractivity contribution in [3.05, 3.63) is 49.2 Å². The van der Waals surface area contributed by atoms with E-state index in [1.54, 1.807) is 30.3 Å². The van der Waals surface area contributed by atoms with Crippen LogP contribution in [-0.2, 0) is 9.59 Å². The highest BCUT2D eigenvalue weighted by Gasteiger charge is 2.51. The lowest BCUT2D eigenvalue weighted by Crippen LogP contribution is -2.65. The van der Waals surface area contributed by atoms with Crippen LogP contribution in [0.2, 0.25) is 0 Å². The minimum Gasteiger partial charge on any atom is -0.356 e. The molecule has 0 saturated carbocycles. The second-order valence-electron chi connectivity index (χ2n) is 5.27. The van der Waals surface area contributed by atoms with Gasteiger partial charge in [0.1, 0.15) is 0 Å². The Labute approximate surface area is 131 Å². The van der Waals surface area contributed by atoms with E-state index in [-0.39, 0.29) is 19.0 Å². The smallest absolute Gasteiger partial charge is 0.265 e. The van der Waals surface area contributed by atoms with Crippen LogP contribution in [0.1, 0.15) is 0 Å². The summed E-state index contributed by atoms with van der Waals surface area (Å²) in [5.74, 6) is -0.553. The van der Waals surface area contributed by atoms with E-state index < -0.39 is 11.6 Å². The molecule has 6 nitrogen and oxygen atoms in total. The number of nitrogens with one attached hydrogen (secondary N) is 1. The number of amides is 2. The lowest BCUT2D eigenvalue weighted by atomic mass is 9.95. The fourth-order valence-corrected chi connectivity index (χ4v) is 2.31. The van der Waals surface area contributed by atoms with Crippen molar-refractivity contribution in [3.63, 3.8) is 0 Å². The van der Waals surface area contributed by atoms with Crippen molar-refractivity contribution >= 4 is 17.5 Å². The van der Waals surface area contributed by atoms with E-state index in [0.29, 0.717) is 11.4 Å². The summed E-state index contributed by atoms with van der Waals surface area (Å²) in [5, 5.41) is 6.13. The molecule has 2 aromatic rings. The zero-order valence-corrected chi connectivity index (χ0v) is 12.2. The van der Waals surface area contributed by atoms with Gasteiger partial charge < -0.3 is 14.7 Å². The first-order chi connectivity index (χ1) is 11.0. The quantitative estimate of drug-likeness (QED) is 0.876. The zero-order valence-electron chi connectivity index (χ0n) is 12.2. The van der Waals surface area contributed by atoms with E-state index in [0.717, 1.165) is 11.6 Å². The molecule has 2 heterocycles. The molecule has 0 spiro atoms. The first-order valence-electron chi connectivity index (χ1n) is 6.95. The van der Waals surface area contributed by atoms with Gasteiger partial charge >= 0.3 is 0 Å². The van der Waals surface area contributed by atoms with Crippen molar-refractivity contribution < 1.29 is 18.5 Å². The fourth-order valence-electron chi connectivity index (χ4n) is 2.31. The number of hydrogen-bond donors (Lipinski definition) is 1. The fraction of sp³-hybridized carbons (Fsp3) is 0.188. The van der Waals surface area contributed by atoms with E-state index in [9.17, 15) is 14.0 Å². The number of carbonyl (C=O) groups excluding carboxylic acids is 2. The van der Waals surface area contributed by atoms with Gasteiger partial charge in [-0.3, -0.25) is 9.59 Å². The number of rotatable bonds is 4. The lowest BCUT2D eigenvalue weighted by Gasteiger charge is -2.42. The molecule has 1 fully saturated rings. The SMILES string of the molecule is C=CC(=O)N1CC(F)(C(=O)Nc2ccc(-c3ccno3)cc2)C1. The molecule has 118 valence electrons. The van der Waals surface area contributed by atoms with Crippen molar-refractivity contribution in [2.75, 3.05) is 18.4 Å². The lowest BCUT2D eigenvalue weighted by molar-refractivity contribution is -0.150. The topological polar surface area (TPSA) is 75.4 Å². The molecule has 23 heavy (non-hydrogen) atoms. The molecular formula is C16H14FN3O3. The van der Waals surface area contributed by atoms with Crippen LogP contribution in [0.3, 0.4) is 0 Å². The average molecular weight is 315 g/mol. The second kappa shape index (κ2) is 5.68. The minimum absolute atomic E-state index is 0.264. The van der Waals surface area contributed by atoms with Gasteiger partial charge in [0.15, 0.2) is 5.76 Å². The van der Waals surface area contributed by atoms with Crippen LogP contribution >= 0.6 is 0 Å². The maximum Gasteiger partial charge on any atom is 0.265 e. The molecule has 3 rings (SSSR count). The summed E-state index contributed by atoms with van der Waals surface area (Å²) in [4.78, 5) is 24.5. The molecule has 2 amide bonds. The molecule has 7 heteroatoms. The average Bonchev–Trinajstić information content (AvgIpc) is 3.06. The number of likely N-dealkylation sites (tertiary alicyclic amines) is 1. The van der Waals surface area contributed by atoms with Crippen LogP contribution in [0.15, 0.2) is 53.7 Å². The van der Waals surface area contributed by atoms with Crippen molar-refractivity contribution in [1.29, 1.82) is 0 Å². The van der Waals surface area contributed by atoms with Crippen LogP contribution in [0.4, 0.5) is 10.1 Å². The van der Waals surface area contributed by atoms with Crippen molar-refractivity contribution in [3.8, 4) is 11.3 Å². The Morgan fingerprint density at radius 3 is 2.57 bits per heavy atom. The number of halogens is 1. The zero-order chi connectivity index (χ0) is 16.4. The van der Waals surface area contributed by atoms with Crippen molar-refractivity contribution in [1.82, 2.24) is 10.1 Å². The van der Waals surface area contributed by atoms with Crippen LogP contribution in [0, 0.1) is 0 Å². The standard InChI is InChI=1S/C16H14FN3O3/c1-2-14(21)20-9-16(17,10-20)15(22)19-12-5-3-11(4-6-12)13-7-8-18-23-13/h2-8H,1,9-10H2,(H,19,22). The largest absolute Gasteiger partial charge is 0.356 e. The Kier molecular flexibility index (Phi) is 3.69. The highest BCUT2D eigenvalue weighted by Crippen LogP contribution is 2.28. The summed E-state index contributed by atoms with van der Waals surface area (Å²) >= 11 is 0. The summed E-state index contributed by atoms with van der Waals surface area (Å²) in [6.45, 7) is 2.80. The third kappa shape index (κ3) is 2.85. The summed E-state index contributed by atoms with van der Waals surface area (Å²) in [6.07, 6.45) is 2.63. The van der Waals surface area contributed by atoms with Gasteiger partial charge in [-0.25, -0.2) is 4.39 Å². The number of aromatic nitrogens is 1. The molecule has 0 atom stereocenters. The minimum atomic E-state index is -2.07. The summed E-state index contributed by atoms with van der Waals surface area (Å²) in [6, 6.07) is 8.46. The molecule has 0 unspecified atom stereocenters. The van der Waals surface area contributed by atoms with Crippen LogP contribution in [0.5, 0.6) is 0 Å². The first kappa shape index (κ1) is 15.0. The molecule has 1 aromatic carbocycles. The molecular weight excluding hydrogens is 301 g/mol. The third-order valence-corrected chi connectivity index (χ3v) is 3.64. The summed E-state index contributed by atoms with van der Waals surface area (Å²) in [7, 11) is 0. The van der Waals surface area contributed by atoms with Gasteiger partial charge in [-0.1, -0.05) is 11.7 Å². The van der Waals surface area contributed by atoms with E-state index in [1.165, 1.54) is 11.1 Å².